The van der Waals surface area contributed by atoms with Crippen LogP contribution in [0, 0.1) is 5.92 Å². The molecule has 1 spiro atoms. The summed E-state index contributed by atoms with van der Waals surface area (Å²) in [7, 11) is 0. The third kappa shape index (κ3) is 3.67. The van der Waals surface area contributed by atoms with Gasteiger partial charge in [-0.2, -0.15) is 0 Å². The standard InChI is InChI=1S/C18H28N2O2/c1-2-21-13-6-16-7-14-22-18(16)8-11-20(12-9-18)15-17-5-3-4-10-19-17/h3-5,10,16H,2,6-9,11-15H2,1H3/t16-/m1/s1. The summed E-state index contributed by atoms with van der Waals surface area (Å²) in [5.74, 6) is 0.677. The van der Waals surface area contributed by atoms with E-state index < -0.39 is 0 Å². The van der Waals surface area contributed by atoms with E-state index in [1.165, 1.54) is 12.1 Å². The first-order chi connectivity index (χ1) is 10.8. The predicted molar refractivity (Wildman–Crippen MR) is 86.6 cm³/mol. The topological polar surface area (TPSA) is 34.6 Å². The quantitative estimate of drug-likeness (QED) is 0.757. The number of hydrogen-bond donors (Lipinski definition) is 0. The van der Waals surface area contributed by atoms with E-state index in [4.69, 9.17) is 9.47 Å². The van der Waals surface area contributed by atoms with Crippen molar-refractivity contribution in [3.8, 4) is 0 Å². The summed E-state index contributed by atoms with van der Waals surface area (Å²) < 4.78 is 11.8. The molecule has 0 radical (unpaired) electrons. The number of pyridine rings is 1. The van der Waals surface area contributed by atoms with Crippen LogP contribution in [-0.4, -0.2) is 48.4 Å². The summed E-state index contributed by atoms with van der Waals surface area (Å²) in [6.07, 6.45) is 6.53. The maximum atomic E-state index is 6.23. The number of piperidine rings is 1. The summed E-state index contributed by atoms with van der Waals surface area (Å²) in [6.45, 7) is 7.88. The molecule has 2 saturated heterocycles. The molecule has 0 saturated carbocycles. The van der Waals surface area contributed by atoms with Gasteiger partial charge in [-0.05, 0) is 50.7 Å². The molecule has 2 aliphatic heterocycles. The van der Waals surface area contributed by atoms with Gasteiger partial charge in [0.25, 0.3) is 0 Å². The van der Waals surface area contributed by atoms with E-state index in [0.717, 1.165) is 58.7 Å². The molecule has 1 aromatic heterocycles. The Morgan fingerprint density at radius 3 is 2.95 bits per heavy atom. The molecule has 1 aromatic rings. The van der Waals surface area contributed by atoms with Crippen molar-refractivity contribution < 1.29 is 9.47 Å². The van der Waals surface area contributed by atoms with Gasteiger partial charge in [0.05, 0.1) is 11.3 Å². The molecule has 1 atom stereocenters. The van der Waals surface area contributed by atoms with Crippen molar-refractivity contribution in [1.82, 2.24) is 9.88 Å². The van der Waals surface area contributed by atoms with E-state index in [0.29, 0.717) is 5.92 Å². The number of likely N-dealkylation sites (tertiary alicyclic amines) is 1. The lowest BCUT2D eigenvalue weighted by Gasteiger charge is -2.42. The van der Waals surface area contributed by atoms with Crippen LogP contribution in [0.15, 0.2) is 24.4 Å². The minimum atomic E-state index is 0.123. The van der Waals surface area contributed by atoms with Crippen molar-refractivity contribution in [2.75, 3.05) is 32.9 Å². The number of nitrogens with zero attached hydrogens (tertiary/aromatic N) is 2. The second-order valence-corrected chi connectivity index (χ2v) is 6.48. The van der Waals surface area contributed by atoms with Crippen molar-refractivity contribution in [1.29, 1.82) is 0 Å². The van der Waals surface area contributed by atoms with Gasteiger partial charge >= 0.3 is 0 Å². The molecule has 3 heterocycles. The Hall–Kier alpha value is -0.970. The average Bonchev–Trinajstić information content (AvgIpc) is 2.94. The smallest absolute Gasteiger partial charge is 0.0736 e. The first-order valence-electron chi connectivity index (χ1n) is 8.66. The van der Waals surface area contributed by atoms with Crippen LogP contribution in [0.2, 0.25) is 0 Å². The van der Waals surface area contributed by atoms with Crippen LogP contribution < -0.4 is 0 Å². The lowest BCUT2D eigenvalue weighted by Crippen LogP contribution is -2.47. The zero-order chi connectivity index (χ0) is 15.3. The fraction of sp³-hybridized carbons (Fsp3) is 0.722. The molecule has 0 bridgehead atoms. The molecule has 0 N–H and O–H groups in total. The molecule has 4 heteroatoms. The maximum absolute atomic E-state index is 6.23. The molecule has 4 nitrogen and oxygen atoms in total. The van der Waals surface area contributed by atoms with Crippen LogP contribution in [-0.2, 0) is 16.0 Å². The molecule has 2 fully saturated rings. The van der Waals surface area contributed by atoms with Gasteiger partial charge < -0.3 is 9.47 Å². The molecule has 0 unspecified atom stereocenters. The summed E-state index contributed by atoms with van der Waals surface area (Å²) in [5.41, 5.74) is 1.29. The van der Waals surface area contributed by atoms with E-state index in [9.17, 15) is 0 Å². The van der Waals surface area contributed by atoms with Crippen molar-refractivity contribution >= 4 is 0 Å². The highest BCUT2D eigenvalue weighted by Gasteiger charge is 2.45. The van der Waals surface area contributed by atoms with Crippen molar-refractivity contribution in [3.05, 3.63) is 30.1 Å². The highest BCUT2D eigenvalue weighted by atomic mass is 16.5. The van der Waals surface area contributed by atoms with E-state index >= 15 is 0 Å². The Labute approximate surface area is 133 Å². The second-order valence-electron chi connectivity index (χ2n) is 6.48. The van der Waals surface area contributed by atoms with Crippen LogP contribution >= 0.6 is 0 Å². The minimum absolute atomic E-state index is 0.123. The van der Waals surface area contributed by atoms with Crippen molar-refractivity contribution in [3.63, 3.8) is 0 Å². The van der Waals surface area contributed by atoms with Crippen LogP contribution in [0.1, 0.15) is 38.3 Å². The predicted octanol–water partition coefficient (Wildman–Crippen LogP) is 2.88. The van der Waals surface area contributed by atoms with Crippen LogP contribution in [0.5, 0.6) is 0 Å². The Morgan fingerprint density at radius 1 is 1.36 bits per heavy atom. The molecule has 0 aliphatic carbocycles. The summed E-state index contributed by atoms with van der Waals surface area (Å²) in [4.78, 5) is 6.95. The summed E-state index contributed by atoms with van der Waals surface area (Å²) >= 11 is 0. The molecule has 0 aromatic carbocycles. The van der Waals surface area contributed by atoms with E-state index in [2.05, 4.69) is 28.9 Å². The van der Waals surface area contributed by atoms with Crippen molar-refractivity contribution in [2.45, 2.75) is 44.8 Å². The van der Waals surface area contributed by atoms with E-state index in [-0.39, 0.29) is 5.60 Å². The van der Waals surface area contributed by atoms with E-state index in [1.807, 2.05) is 12.3 Å². The van der Waals surface area contributed by atoms with Gasteiger partial charge in [-0.1, -0.05) is 6.07 Å². The number of rotatable bonds is 6. The maximum Gasteiger partial charge on any atom is 0.0736 e. The van der Waals surface area contributed by atoms with E-state index in [1.54, 1.807) is 0 Å². The molecule has 22 heavy (non-hydrogen) atoms. The van der Waals surface area contributed by atoms with Gasteiger partial charge in [-0.25, -0.2) is 0 Å². The summed E-state index contributed by atoms with van der Waals surface area (Å²) in [5, 5.41) is 0. The average molecular weight is 304 g/mol. The zero-order valence-corrected chi connectivity index (χ0v) is 13.7. The number of ether oxygens (including phenoxy) is 2. The third-order valence-electron chi connectivity index (χ3n) is 5.23. The van der Waals surface area contributed by atoms with Crippen LogP contribution in [0.3, 0.4) is 0 Å². The normalized spacial score (nSPS) is 24.9. The Bertz CT molecular complexity index is 444. The molecular formula is C18H28N2O2. The zero-order valence-electron chi connectivity index (χ0n) is 13.7. The second kappa shape index (κ2) is 7.53. The third-order valence-corrected chi connectivity index (χ3v) is 5.23. The first kappa shape index (κ1) is 15.9. The van der Waals surface area contributed by atoms with Gasteiger partial charge in [0, 0.05) is 45.7 Å². The number of hydrogen-bond acceptors (Lipinski definition) is 4. The van der Waals surface area contributed by atoms with Crippen LogP contribution in [0.25, 0.3) is 0 Å². The first-order valence-corrected chi connectivity index (χ1v) is 8.66. The molecular weight excluding hydrogens is 276 g/mol. The fourth-order valence-corrected chi connectivity index (χ4v) is 3.93. The number of aromatic nitrogens is 1. The lowest BCUT2D eigenvalue weighted by molar-refractivity contribution is -0.0729. The monoisotopic (exact) mass is 304 g/mol. The Balaban J connectivity index is 1.51. The van der Waals surface area contributed by atoms with Crippen molar-refractivity contribution in [2.24, 2.45) is 5.92 Å². The van der Waals surface area contributed by atoms with Crippen LogP contribution in [0.4, 0.5) is 0 Å². The molecule has 122 valence electrons. The largest absolute Gasteiger partial charge is 0.382 e. The Kier molecular flexibility index (Phi) is 5.45. The minimum Gasteiger partial charge on any atom is -0.382 e. The fourth-order valence-electron chi connectivity index (χ4n) is 3.93. The molecule has 0 amide bonds. The summed E-state index contributed by atoms with van der Waals surface area (Å²) in [6, 6.07) is 6.16. The molecule has 2 aliphatic rings. The van der Waals surface area contributed by atoms with Gasteiger partial charge in [0.2, 0.25) is 0 Å². The highest BCUT2D eigenvalue weighted by molar-refractivity contribution is 5.04. The lowest BCUT2D eigenvalue weighted by atomic mass is 9.78. The SMILES string of the molecule is CCOCC[C@@H]1CCOC12CCN(Cc1ccccn1)CC2. The Morgan fingerprint density at radius 2 is 2.23 bits per heavy atom. The highest BCUT2D eigenvalue weighted by Crippen LogP contribution is 2.42. The van der Waals surface area contributed by atoms with Gasteiger partial charge in [0.1, 0.15) is 0 Å². The molecule has 3 rings (SSSR count). The van der Waals surface area contributed by atoms with Gasteiger partial charge in [0.15, 0.2) is 0 Å². The van der Waals surface area contributed by atoms with Gasteiger partial charge in [-0.3, -0.25) is 9.88 Å². The van der Waals surface area contributed by atoms with Gasteiger partial charge in [-0.15, -0.1) is 0 Å².